The van der Waals surface area contributed by atoms with Gasteiger partial charge in [0.05, 0.1) is 0 Å². The monoisotopic (exact) mass is 251 g/mol. The third-order valence-electron chi connectivity index (χ3n) is 2.85. The minimum absolute atomic E-state index is 0.242. The Morgan fingerprint density at radius 2 is 2.11 bits per heavy atom. The highest BCUT2D eigenvalue weighted by Gasteiger charge is 2.16. The molecule has 96 valence electrons. The number of aromatic amines is 1. The number of hydrogen-bond acceptors (Lipinski definition) is 2. The molecule has 1 heterocycles. The Kier molecular flexibility index (Phi) is 3.60. The molecule has 3 N–H and O–H groups in total. The molecule has 1 aromatic heterocycles. The first-order valence-electron chi connectivity index (χ1n) is 5.91. The van der Waals surface area contributed by atoms with Crippen LogP contribution < -0.4 is 5.73 Å². The fraction of sp³-hybridized carbons (Fsp3) is 0.308. The molecule has 0 unspecified atom stereocenters. The van der Waals surface area contributed by atoms with Crippen molar-refractivity contribution in [1.82, 2.24) is 10.2 Å². The standard InChI is InChI=1S/C13H15F2N3/c1-2-3-4-11-12(13(16)18-17-11)9-6-5-8(14)7-10(9)15/h5-7H,2-4H2,1H3,(H3,16,17,18). The Morgan fingerprint density at radius 3 is 2.78 bits per heavy atom. The minimum atomic E-state index is -0.624. The number of nitrogen functional groups attached to an aromatic ring is 1. The number of halogens is 2. The zero-order chi connectivity index (χ0) is 13.1. The van der Waals surface area contributed by atoms with Crippen LogP contribution in [0.15, 0.2) is 18.2 Å². The average molecular weight is 251 g/mol. The van der Waals surface area contributed by atoms with Crippen molar-refractivity contribution in [2.75, 3.05) is 5.73 Å². The van der Waals surface area contributed by atoms with Crippen molar-refractivity contribution in [2.24, 2.45) is 0 Å². The van der Waals surface area contributed by atoms with Crippen LogP contribution in [-0.2, 0) is 6.42 Å². The predicted octanol–water partition coefficient (Wildman–Crippen LogP) is 3.28. The van der Waals surface area contributed by atoms with Crippen LogP contribution in [0.3, 0.4) is 0 Å². The van der Waals surface area contributed by atoms with Gasteiger partial charge in [-0.3, -0.25) is 5.10 Å². The molecule has 2 rings (SSSR count). The maximum atomic E-state index is 13.8. The van der Waals surface area contributed by atoms with Gasteiger partial charge in [0.25, 0.3) is 0 Å². The molecule has 5 heteroatoms. The predicted molar refractivity (Wildman–Crippen MR) is 67.0 cm³/mol. The van der Waals surface area contributed by atoms with E-state index in [-0.39, 0.29) is 11.4 Å². The van der Waals surface area contributed by atoms with Crippen LogP contribution >= 0.6 is 0 Å². The molecule has 0 saturated heterocycles. The van der Waals surface area contributed by atoms with Crippen molar-refractivity contribution in [3.8, 4) is 11.1 Å². The second-order valence-corrected chi connectivity index (χ2v) is 4.19. The van der Waals surface area contributed by atoms with E-state index in [1.165, 1.54) is 12.1 Å². The third-order valence-corrected chi connectivity index (χ3v) is 2.85. The summed E-state index contributed by atoms with van der Waals surface area (Å²) in [5.41, 5.74) is 7.37. The second kappa shape index (κ2) is 5.16. The largest absolute Gasteiger partial charge is 0.382 e. The quantitative estimate of drug-likeness (QED) is 0.876. The molecular weight excluding hydrogens is 236 g/mol. The Balaban J connectivity index is 2.45. The number of nitrogens with two attached hydrogens (primary N) is 1. The number of hydrogen-bond donors (Lipinski definition) is 2. The highest BCUT2D eigenvalue weighted by Crippen LogP contribution is 2.31. The van der Waals surface area contributed by atoms with E-state index in [1.807, 2.05) is 0 Å². The molecule has 0 aliphatic rings. The highest BCUT2D eigenvalue weighted by molar-refractivity contribution is 5.76. The lowest BCUT2D eigenvalue weighted by Crippen LogP contribution is -1.94. The summed E-state index contributed by atoms with van der Waals surface area (Å²) in [7, 11) is 0. The van der Waals surface area contributed by atoms with E-state index >= 15 is 0 Å². The van der Waals surface area contributed by atoms with E-state index in [0.29, 0.717) is 5.56 Å². The first-order chi connectivity index (χ1) is 8.63. The molecule has 0 aliphatic carbocycles. The van der Waals surface area contributed by atoms with Gasteiger partial charge in [0.2, 0.25) is 0 Å². The van der Waals surface area contributed by atoms with Gasteiger partial charge in [0.15, 0.2) is 5.82 Å². The highest BCUT2D eigenvalue weighted by atomic mass is 19.1. The normalized spacial score (nSPS) is 10.8. The topological polar surface area (TPSA) is 54.7 Å². The van der Waals surface area contributed by atoms with Crippen molar-refractivity contribution >= 4 is 5.82 Å². The Labute approximate surface area is 104 Å². The van der Waals surface area contributed by atoms with Gasteiger partial charge >= 0.3 is 0 Å². The fourth-order valence-electron chi connectivity index (χ4n) is 1.92. The summed E-state index contributed by atoms with van der Waals surface area (Å²) in [6.07, 6.45) is 2.72. The van der Waals surface area contributed by atoms with Gasteiger partial charge in [-0.2, -0.15) is 5.10 Å². The number of nitrogens with zero attached hydrogens (tertiary/aromatic N) is 1. The Hall–Kier alpha value is -1.91. The lowest BCUT2D eigenvalue weighted by atomic mass is 10.0. The molecule has 3 nitrogen and oxygen atoms in total. The summed E-state index contributed by atoms with van der Waals surface area (Å²) in [6.45, 7) is 2.07. The number of benzene rings is 1. The number of aromatic nitrogens is 2. The fourth-order valence-corrected chi connectivity index (χ4v) is 1.92. The van der Waals surface area contributed by atoms with Crippen molar-refractivity contribution in [2.45, 2.75) is 26.2 Å². The van der Waals surface area contributed by atoms with Crippen LogP contribution in [0.1, 0.15) is 25.5 Å². The van der Waals surface area contributed by atoms with Gasteiger partial charge in [0.1, 0.15) is 11.6 Å². The molecule has 0 radical (unpaired) electrons. The van der Waals surface area contributed by atoms with Gasteiger partial charge in [0, 0.05) is 22.9 Å². The molecular formula is C13H15F2N3. The summed E-state index contributed by atoms with van der Waals surface area (Å²) in [5, 5.41) is 6.72. The van der Waals surface area contributed by atoms with Gasteiger partial charge in [-0.05, 0) is 25.0 Å². The summed E-state index contributed by atoms with van der Waals surface area (Å²) in [6, 6.07) is 3.46. The number of unbranched alkanes of at least 4 members (excludes halogenated alkanes) is 1. The maximum absolute atomic E-state index is 13.8. The summed E-state index contributed by atoms with van der Waals surface area (Å²) < 4.78 is 26.7. The molecule has 0 saturated carbocycles. The zero-order valence-electron chi connectivity index (χ0n) is 10.1. The van der Waals surface area contributed by atoms with Crippen LogP contribution in [0.5, 0.6) is 0 Å². The molecule has 2 aromatic rings. The summed E-state index contributed by atoms with van der Waals surface area (Å²) in [4.78, 5) is 0. The minimum Gasteiger partial charge on any atom is -0.382 e. The first-order valence-corrected chi connectivity index (χ1v) is 5.91. The van der Waals surface area contributed by atoms with Crippen molar-refractivity contribution in [3.05, 3.63) is 35.5 Å². The van der Waals surface area contributed by atoms with Crippen molar-refractivity contribution < 1.29 is 8.78 Å². The Bertz CT molecular complexity index is 549. The molecule has 0 amide bonds. The van der Waals surface area contributed by atoms with E-state index in [9.17, 15) is 8.78 Å². The van der Waals surface area contributed by atoms with Gasteiger partial charge in [-0.1, -0.05) is 13.3 Å². The zero-order valence-corrected chi connectivity index (χ0v) is 10.1. The van der Waals surface area contributed by atoms with E-state index in [1.54, 1.807) is 0 Å². The third kappa shape index (κ3) is 2.34. The second-order valence-electron chi connectivity index (χ2n) is 4.19. The number of rotatable bonds is 4. The number of nitrogens with one attached hydrogen (secondary N) is 1. The molecule has 0 bridgehead atoms. The van der Waals surface area contributed by atoms with Crippen LogP contribution in [-0.4, -0.2) is 10.2 Å². The van der Waals surface area contributed by atoms with Crippen LogP contribution in [0.4, 0.5) is 14.6 Å². The van der Waals surface area contributed by atoms with Crippen molar-refractivity contribution in [1.29, 1.82) is 0 Å². The van der Waals surface area contributed by atoms with E-state index < -0.39 is 11.6 Å². The molecule has 0 atom stereocenters. The van der Waals surface area contributed by atoms with E-state index in [4.69, 9.17) is 5.73 Å². The summed E-state index contributed by atoms with van der Waals surface area (Å²) in [5.74, 6) is -0.985. The smallest absolute Gasteiger partial charge is 0.153 e. The first kappa shape index (κ1) is 12.5. The number of anilines is 1. The van der Waals surface area contributed by atoms with Crippen LogP contribution in [0, 0.1) is 11.6 Å². The molecule has 0 fully saturated rings. The molecule has 1 aromatic carbocycles. The molecule has 0 spiro atoms. The maximum Gasteiger partial charge on any atom is 0.153 e. The van der Waals surface area contributed by atoms with E-state index in [0.717, 1.165) is 31.0 Å². The lowest BCUT2D eigenvalue weighted by molar-refractivity contribution is 0.585. The summed E-state index contributed by atoms with van der Waals surface area (Å²) >= 11 is 0. The number of H-pyrrole nitrogens is 1. The SMILES string of the molecule is CCCCc1[nH]nc(N)c1-c1ccc(F)cc1F. The Morgan fingerprint density at radius 1 is 1.33 bits per heavy atom. The van der Waals surface area contributed by atoms with Crippen LogP contribution in [0.25, 0.3) is 11.1 Å². The average Bonchev–Trinajstić information content (AvgIpc) is 2.68. The van der Waals surface area contributed by atoms with Gasteiger partial charge < -0.3 is 5.73 Å². The number of aryl methyl sites for hydroxylation is 1. The van der Waals surface area contributed by atoms with Crippen molar-refractivity contribution in [3.63, 3.8) is 0 Å². The lowest BCUT2D eigenvalue weighted by Gasteiger charge is -2.05. The molecule has 18 heavy (non-hydrogen) atoms. The van der Waals surface area contributed by atoms with Gasteiger partial charge in [-0.25, -0.2) is 8.78 Å². The van der Waals surface area contributed by atoms with Gasteiger partial charge in [-0.15, -0.1) is 0 Å². The molecule has 0 aliphatic heterocycles. The van der Waals surface area contributed by atoms with Crippen LogP contribution in [0.2, 0.25) is 0 Å². The van der Waals surface area contributed by atoms with E-state index in [2.05, 4.69) is 17.1 Å².